The van der Waals surface area contributed by atoms with Gasteiger partial charge in [-0.25, -0.2) is 0 Å². The van der Waals surface area contributed by atoms with Crippen LogP contribution in [-0.2, 0) is 12.8 Å². The van der Waals surface area contributed by atoms with Gasteiger partial charge in [0.2, 0.25) is 5.75 Å². The van der Waals surface area contributed by atoms with Crippen LogP contribution in [-0.4, -0.2) is 31.6 Å². The molecule has 0 saturated carbocycles. The van der Waals surface area contributed by atoms with Crippen LogP contribution in [0.4, 0.5) is 0 Å². The highest BCUT2D eigenvalue weighted by molar-refractivity contribution is 6.10. The molecule has 0 aliphatic heterocycles. The molecule has 3 aromatic rings. The number of nitrogens with one attached hydrogen (secondary N) is 2. The van der Waals surface area contributed by atoms with Crippen molar-refractivity contribution >= 4 is 22.6 Å². The fourth-order valence-corrected chi connectivity index (χ4v) is 4.22. The van der Waals surface area contributed by atoms with E-state index in [0.29, 0.717) is 42.6 Å². The van der Waals surface area contributed by atoms with Gasteiger partial charge in [0.1, 0.15) is 0 Å². The van der Waals surface area contributed by atoms with E-state index in [-0.39, 0.29) is 11.5 Å². The molecule has 0 heterocycles. The maximum absolute atomic E-state index is 12.9. The summed E-state index contributed by atoms with van der Waals surface area (Å²) in [6.45, 7) is 6.79. The fraction of sp³-hybridized carbons (Fsp3) is 0.308. The quantitative estimate of drug-likeness (QED) is 0.504. The number of amides is 2. The number of carbonyl (C=O) groups excluding carboxylic acids is 2. The van der Waals surface area contributed by atoms with Crippen LogP contribution >= 0.6 is 0 Å². The summed E-state index contributed by atoms with van der Waals surface area (Å²) in [7, 11) is 0. The molecule has 0 aromatic heterocycles. The van der Waals surface area contributed by atoms with Crippen molar-refractivity contribution in [1.82, 2.24) is 10.9 Å². The van der Waals surface area contributed by atoms with Crippen LogP contribution in [0.25, 0.3) is 10.8 Å². The molecule has 4 rings (SSSR count). The highest BCUT2D eigenvalue weighted by Crippen LogP contribution is 2.39. The van der Waals surface area contributed by atoms with Gasteiger partial charge in [0, 0.05) is 11.1 Å². The maximum atomic E-state index is 12.9. The Balaban J connectivity index is 1.56. The molecule has 3 aromatic carbocycles. The monoisotopic (exact) mass is 448 g/mol. The topological polar surface area (TPSA) is 85.9 Å². The number of hydrazine groups is 1. The van der Waals surface area contributed by atoms with Crippen molar-refractivity contribution in [2.45, 2.75) is 33.6 Å². The van der Waals surface area contributed by atoms with E-state index < -0.39 is 5.91 Å². The lowest BCUT2D eigenvalue weighted by Crippen LogP contribution is -2.41. The van der Waals surface area contributed by atoms with Gasteiger partial charge in [-0.1, -0.05) is 24.3 Å². The van der Waals surface area contributed by atoms with Crippen LogP contribution in [0.3, 0.4) is 0 Å². The largest absolute Gasteiger partial charge is 0.490 e. The zero-order chi connectivity index (χ0) is 23.4. The number of aryl methyl sites for hydroxylation is 2. The molecule has 1 aliphatic rings. The van der Waals surface area contributed by atoms with Crippen LogP contribution < -0.4 is 25.1 Å². The molecule has 0 unspecified atom stereocenters. The van der Waals surface area contributed by atoms with Crippen LogP contribution in [0.1, 0.15) is 52.6 Å². The molecule has 0 fully saturated rings. The number of ether oxygens (including phenoxy) is 3. The summed E-state index contributed by atoms with van der Waals surface area (Å²) in [6, 6.07) is 13.0. The van der Waals surface area contributed by atoms with Crippen molar-refractivity contribution in [2.75, 3.05) is 19.8 Å². The van der Waals surface area contributed by atoms with Crippen molar-refractivity contribution < 1.29 is 23.8 Å². The van der Waals surface area contributed by atoms with Crippen molar-refractivity contribution in [2.24, 2.45) is 0 Å². The van der Waals surface area contributed by atoms with E-state index >= 15 is 0 Å². The number of rotatable bonds is 8. The van der Waals surface area contributed by atoms with Crippen LogP contribution in [0, 0.1) is 0 Å². The zero-order valence-corrected chi connectivity index (χ0v) is 19.1. The summed E-state index contributed by atoms with van der Waals surface area (Å²) in [4.78, 5) is 25.8. The SMILES string of the molecule is CCOc1cc(C(=O)NNC(=O)c2ccc3c4c(cccc24)CC3)cc(OCC)c1OCC. The Morgan fingerprint density at radius 1 is 0.788 bits per heavy atom. The van der Waals surface area contributed by atoms with Gasteiger partial charge in [-0.2, -0.15) is 0 Å². The molecule has 0 saturated heterocycles. The summed E-state index contributed by atoms with van der Waals surface area (Å²) in [5.41, 5.74) is 8.36. The molecule has 0 atom stereocenters. The maximum Gasteiger partial charge on any atom is 0.270 e. The van der Waals surface area contributed by atoms with Gasteiger partial charge in [-0.05, 0) is 73.7 Å². The van der Waals surface area contributed by atoms with E-state index in [1.165, 1.54) is 11.1 Å². The lowest BCUT2D eigenvalue weighted by molar-refractivity contribution is 0.0847. The molecule has 0 radical (unpaired) electrons. The molecule has 1 aliphatic carbocycles. The predicted octanol–water partition coefficient (Wildman–Crippen LogP) is 4.21. The minimum atomic E-state index is -0.487. The molecule has 0 spiro atoms. The second-order valence-corrected chi connectivity index (χ2v) is 7.62. The second-order valence-electron chi connectivity index (χ2n) is 7.62. The van der Waals surface area contributed by atoms with E-state index in [9.17, 15) is 9.59 Å². The first-order valence-corrected chi connectivity index (χ1v) is 11.3. The minimum absolute atomic E-state index is 0.283. The molecule has 7 heteroatoms. The third-order valence-corrected chi connectivity index (χ3v) is 5.58. The average molecular weight is 449 g/mol. The van der Waals surface area contributed by atoms with Crippen LogP contribution in [0.2, 0.25) is 0 Å². The Morgan fingerprint density at radius 2 is 1.39 bits per heavy atom. The van der Waals surface area contributed by atoms with Crippen molar-refractivity contribution in [3.05, 3.63) is 64.7 Å². The van der Waals surface area contributed by atoms with Gasteiger partial charge in [-0.15, -0.1) is 0 Å². The third-order valence-electron chi connectivity index (χ3n) is 5.58. The number of benzene rings is 3. The lowest BCUT2D eigenvalue weighted by Gasteiger charge is -2.17. The first kappa shape index (κ1) is 22.5. The van der Waals surface area contributed by atoms with Crippen LogP contribution in [0.5, 0.6) is 17.2 Å². The lowest BCUT2D eigenvalue weighted by atomic mass is 10.00. The average Bonchev–Trinajstić information content (AvgIpc) is 3.24. The first-order chi connectivity index (χ1) is 16.1. The van der Waals surface area contributed by atoms with Gasteiger partial charge in [-0.3, -0.25) is 20.4 Å². The highest BCUT2D eigenvalue weighted by atomic mass is 16.5. The standard InChI is InChI=1S/C26H28N2O5/c1-4-31-21-14-18(15-22(32-5-2)24(21)33-6-3)25(29)27-28-26(30)20-13-12-17-11-10-16-8-7-9-19(20)23(16)17/h7-9,12-15H,4-6,10-11H2,1-3H3,(H,27,29)(H,28,30). The molecule has 7 nitrogen and oxygen atoms in total. The minimum Gasteiger partial charge on any atom is -0.490 e. The normalized spacial score (nSPS) is 11.8. The molecule has 2 amide bonds. The van der Waals surface area contributed by atoms with E-state index in [2.05, 4.69) is 16.9 Å². The van der Waals surface area contributed by atoms with Crippen molar-refractivity contribution in [3.63, 3.8) is 0 Å². The zero-order valence-electron chi connectivity index (χ0n) is 19.1. The second kappa shape index (κ2) is 9.81. The molecule has 33 heavy (non-hydrogen) atoms. The van der Waals surface area contributed by atoms with Gasteiger partial charge < -0.3 is 14.2 Å². The summed E-state index contributed by atoms with van der Waals surface area (Å²) in [5.74, 6) is 0.414. The molecule has 0 bridgehead atoms. The van der Waals surface area contributed by atoms with Gasteiger partial charge in [0.25, 0.3) is 11.8 Å². The summed E-state index contributed by atoms with van der Waals surface area (Å²) in [6.07, 6.45) is 1.97. The van der Waals surface area contributed by atoms with E-state index in [1.807, 2.05) is 45.0 Å². The number of hydrogen-bond donors (Lipinski definition) is 2. The smallest absolute Gasteiger partial charge is 0.270 e. The van der Waals surface area contributed by atoms with E-state index in [1.54, 1.807) is 12.1 Å². The molecular formula is C26H28N2O5. The van der Waals surface area contributed by atoms with Crippen molar-refractivity contribution in [3.8, 4) is 17.2 Å². The first-order valence-electron chi connectivity index (χ1n) is 11.3. The summed E-state index contributed by atoms with van der Waals surface area (Å²) < 4.78 is 17.0. The van der Waals surface area contributed by atoms with Gasteiger partial charge in [0.05, 0.1) is 19.8 Å². The number of carbonyl (C=O) groups is 2. The Hall–Kier alpha value is -3.74. The van der Waals surface area contributed by atoms with Gasteiger partial charge in [0.15, 0.2) is 11.5 Å². The fourth-order valence-electron chi connectivity index (χ4n) is 4.22. The summed E-state index contributed by atoms with van der Waals surface area (Å²) in [5, 5.41) is 2.04. The summed E-state index contributed by atoms with van der Waals surface area (Å²) >= 11 is 0. The molecule has 2 N–H and O–H groups in total. The Bertz CT molecular complexity index is 1170. The Labute approximate surface area is 193 Å². The molecular weight excluding hydrogens is 420 g/mol. The third kappa shape index (κ3) is 4.44. The van der Waals surface area contributed by atoms with E-state index in [4.69, 9.17) is 14.2 Å². The van der Waals surface area contributed by atoms with Crippen LogP contribution in [0.15, 0.2) is 42.5 Å². The Kier molecular flexibility index (Phi) is 6.68. The number of hydrogen-bond acceptors (Lipinski definition) is 5. The van der Waals surface area contributed by atoms with E-state index in [0.717, 1.165) is 23.6 Å². The highest BCUT2D eigenvalue weighted by Gasteiger charge is 2.21. The Morgan fingerprint density at radius 3 is 2.03 bits per heavy atom. The predicted molar refractivity (Wildman–Crippen MR) is 126 cm³/mol. The van der Waals surface area contributed by atoms with Gasteiger partial charge >= 0.3 is 0 Å². The molecule has 172 valence electrons. The van der Waals surface area contributed by atoms with Crippen molar-refractivity contribution in [1.29, 1.82) is 0 Å².